The summed E-state index contributed by atoms with van der Waals surface area (Å²) in [6.07, 6.45) is -1.40. The summed E-state index contributed by atoms with van der Waals surface area (Å²) in [5, 5.41) is 13.4. The molecule has 9 aromatic carbocycles. The van der Waals surface area contributed by atoms with E-state index in [0.717, 1.165) is 23.6 Å². The molecule has 11 heteroatoms. The van der Waals surface area contributed by atoms with Crippen molar-refractivity contribution in [3.8, 4) is 0 Å². The van der Waals surface area contributed by atoms with Gasteiger partial charge in [0.05, 0.1) is 22.7 Å². The van der Waals surface area contributed by atoms with Gasteiger partial charge in [0, 0.05) is 0 Å². The number of ether oxygens (including phenoxy) is 3. The van der Waals surface area contributed by atoms with Crippen molar-refractivity contribution < 1.29 is 52.9 Å². The van der Waals surface area contributed by atoms with Crippen LogP contribution in [0.5, 0.6) is 0 Å². The molecule has 9 aromatic rings. The van der Waals surface area contributed by atoms with E-state index in [1.54, 1.807) is 36.4 Å². The van der Waals surface area contributed by atoms with E-state index in [9.17, 15) is 9.90 Å². The fourth-order valence-corrected chi connectivity index (χ4v) is 12.1. The number of hydrogen-bond acceptors (Lipinski definition) is 11. The minimum absolute atomic E-state index is 0.00988. The van der Waals surface area contributed by atoms with Crippen LogP contribution in [0.3, 0.4) is 0 Å². The molecule has 0 fully saturated rings. The van der Waals surface area contributed by atoms with Crippen LogP contribution in [0.25, 0.3) is 0 Å². The van der Waals surface area contributed by atoms with E-state index >= 15 is 28.8 Å². The Balaban J connectivity index is 1.15. The van der Waals surface area contributed by atoms with Gasteiger partial charge in [0.2, 0.25) is 0 Å². The number of hydrogen-bond donors (Lipinski definition) is 1. The van der Waals surface area contributed by atoms with Gasteiger partial charge in [-0.25, -0.2) is 4.79 Å². The SMILES string of the molecule is CC(=O)C(C(=O)OC(=O)C(Cc1ccccc1)(Cc1ccccc1)Cc1ccccc1)C(O)(CC(=O)OC(=O)C(Cc1ccccc1)(Cc1ccccc1)Cc1ccccc1)C(=O)OC(=O)C(Cc1ccccc1)(Cc1ccccc1)Cc1ccccc1. The van der Waals surface area contributed by atoms with Gasteiger partial charge in [-0.2, -0.15) is 0 Å². The standard InChI is InChI=1S/C77H70O11/c1-57(78)68(69(80)87-71(82)75(50-61-35-17-5-18-36-61,51-62-37-19-6-20-38-62)52-63-39-21-7-22-40-63)77(85,73(84)88-72(83)76(53-64-41-23-8-24-42-64,54-65-43-25-9-26-44-65)55-66-45-27-10-28-46-66)56-67(79)86-70(81)74(47-58-29-11-2-12-30-58,48-59-31-13-3-14-32-59)49-60-33-15-4-16-34-60/h2-46,68,85H,47-56H2,1H3. The molecule has 0 aromatic heterocycles. The van der Waals surface area contributed by atoms with Crippen molar-refractivity contribution in [2.45, 2.75) is 76.7 Å². The summed E-state index contributed by atoms with van der Waals surface area (Å²) < 4.78 is 17.7. The quantitative estimate of drug-likeness (QED) is 0.0296. The summed E-state index contributed by atoms with van der Waals surface area (Å²) in [5.41, 5.74) is -2.05. The Morgan fingerprint density at radius 2 is 0.489 bits per heavy atom. The van der Waals surface area contributed by atoms with Crippen molar-refractivity contribution >= 4 is 41.6 Å². The molecule has 0 aliphatic carbocycles. The lowest BCUT2D eigenvalue weighted by atomic mass is 9.72. The predicted molar refractivity (Wildman–Crippen MR) is 336 cm³/mol. The number of carbonyl (C=O) groups excluding carboxylic acids is 7. The molecule has 9 rings (SSSR count). The second-order valence-electron chi connectivity index (χ2n) is 23.1. The highest BCUT2D eigenvalue weighted by molar-refractivity contribution is 6.09. The van der Waals surface area contributed by atoms with Crippen LogP contribution in [0.2, 0.25) is 0 Å². The molecule has 0 saturated heterocycles. The molecular weight excluding hydrogens is 1100 g/mol. The molecule has 11 nitrogen and oxygen atoms in total. The first kappa shape index (κ1) is 62.6. The highest BCUT2D eigenvalue weighted by Gasteiger charge is 2.58. The van der Waals surface area contributed by atoms with E-state index < -0.39 is 75.8 Å². The minimum atomic E-state index is -3.67. The topological polar surface area (TPSA) is 167 Å². The second-order valence-corrected chi connectivity index (χ2v) is 23.1. The summed E-state index contributed by atoms with van der Waals surface area (Å²) in [6, 6.07) is 82.1. The lowest BCUT2D eigenvalue weighted by molar-refractivity contribution is -0.196. The third-order valence-corrected chi connectivity index (χ3v) is 16.2. The van der Waals surface area contributed by atoms with E-state index in [4.69, 9.17) is 14.2 Å². The van der Waals surface area contributed by atoms with Crippen LogP contribution in [-0.2, 0) is 106 Å². The molecule has 1 N–H and O–H groups in total. The molecular formula is C77H70O11. The highest BCUT2D eigenvalue weighted by atomic mass is 16.6. The highest BCUT2D eigenvalue weighted by Crippen LogP contribution is 2.40. The summed E-state index contributed by atoms with van der Waals surface area (Å²) in [4.78, 5) is 107. The fourth-order valence-electron chi connectivity index (χ4n) is 12.1. The van der Waals surface area contributed by atoms with Crippen LogP contribution < -0.4 is 0 Å². The zero-order chi connectivity index (χ0) is 61.8. The Bertz CT molecular complexity index is 3450. The lowest BCUT2D eigenvalue weighted by Gasteiger charge is -2.36. The number of benzene rings is 9. The Morgan fingerprint density at radius 3 is 0.693 bits per heavy atom. The maximum absolute atomic E-state index is 15.7. The van der Waals surface area contributed by atoms with Gasteiger partial charge in [-0.05, 0) is 115 Å². The Morgan fingerprint density at radius 1 is 0.295 bits per heavy atom. The first-order chi connectivity index (χ1) is 42.6. The summed E-state index contributed by atoms with van der Waals surface area (Å²) in [6.45, 7) is 0.882. The van der Waals surface area contributed by atoms with Crippen LogP contribution >= 0.6 is 0 Å². The summed E-state index contributed by atoms with van der Waals surface area (Å²) in [5.74, 6) is -12.4. The van der Waals surface area contributed by atoms with E-state index in [0.29, 0.717) is 33.4 Å². The third kappa shape index (κ3) is 16.3. The number of Topliss-reactive ketones (excluding diaryl/α,β-unsaturated/α-hetero) is 1. The number of ketones is 1. The second kappa shape index (κ2) is 29.4. The van der Waals surface area contributed by atoms with Gasteiger partial charge in [-0.15, -0.1) is 0 Å². The van der Waals surface area contributed by atoms with Gasteiger partial charge >= 0.3 is 35.8 Å². The molecule has 2 atom stereocenters. The van der Waals surface area contributed by atoms with Crippen LogP contribution in [-0.4, -0.2) is 52.3 Å². The fraction of sp³-hybridized carbons (Fsp3) is 0.208. The Hall–Kier alpha value is -9.97. The monoisotopic (exact) mass is 1170 g/mol. The van der Waals surface area contributed by atoms with Crippen molar-refractivity contribution in [1.29, 1.82) is 0 Å². The first-order valence-corrected chi connectivity index (χ1v) is 29.5. The molecule has 0 saturated carbocycles. The molecule has 0 amide bonds. The molecule has 0 bridgehead atoms. The van der Waals surface area contributed by atoms with Gasteiger partial charge in [0.25, 0.3) is 0 Å². The van der Waals surface area contributed by atoms with Crippen molar-refractivity contribution in [3.63, 3.8) is 0 Å². The average Bonchev–Trinajstić information content (AvgIpc) is 1.23. The Kier molecular flexibility index (Phi) is 20.9. The lowest BCUT2D eigenvalue weighted by Crippen LogP contribution is -2.57. The zero-order valence-electron chi connectivity index (χ0n) is 49.2. The van der Waals surface area contributed by atoms with Crippen molar-refractivity contribution in [2.75, 3.05) is 0 Å². The normalized spacial score (nSPS) is 12.6. The van der Waals surface area contributed by atoms with Crippen LogP contribution in [0.15, 0.2) is 273 Å². The largest absolute Gasteiger partial charge is 0.393 e. The Labute approximate surface area is 514 Å². The van der Waals surface area contributed by atoms with Crippen LogP contribution in [0, 0.1) is 22.2 Å². The number of esters is 6. The molecule has 0 aliphatic heterocycles. The van der Waals surface area contributed by atoms with Crippen molar-refractivity contribution in [3.05, 3.63) is 323 Å². The van der Waals surface area contributed by atoms with Crippen LogP contribution in [0.4, 0.5) is 0 Å². The summed E-state index contributed by atoms with van der Waals surface area (Å²) in [7, 11) is 0. The van der Waals surface area contributed by atoms with E-state index in [1.165, 1.54) is 0 Å². The maximum atomic E-state index is 15.7. The summed E-state index contributed by atoms with van der Waals surface area (Å²) >= 11 is 0. The third-order valence-electron chi connectivity index (χ3n) is 16.2. The minimum Gasteiger partial charge on any atom is -0.393 e. The molecule has 88 heavy (non-hydrogen) atoms. The van der Waals surface area contributed by atoms with Gasteiger partial charge in [0.15, 0.2) is 11.5 Å². The van der Waals surface area contributed by atoms with Gasteiger partial charge in [-0.1, -0.05) is 273 Å². The van der Waals surface area contributed by atoms with Crippen molar-refractivity contribution in [1.82, 2.24) is 0 Å². The first-order valence-electron chi connectivity index (χ1n) is 29.5. The van der Waals surface area contributed by atoms with E-state index in [2.05, 4.69) is 0 Å². The molecule has 0 heterocycles. The molecule has 444 valence electrons. The molecule has 0 radical (unpaired) electrons. The molecule has 0 aliphatic rings. The van der Waals surface area contributed by atoms with E-state index in [-0.39, 0.29) is 57.8 Å². The maximum Gasteiger partial charge on any atom is 0.347 e. The van der Waals surface area contributed by atoms with Crippen molar-refractivity contribution in [2.24, 2.45) is 22.2 Å². The van der Waals surface area contributed by atoms with Crippen LogP contribution in [0.1, 0.15) is 63.4 Å². The number of carbonyl (C=O) groups is 7. The molecule has 2 unspecified atom stereocenters. The molecule has 0 spiro atoms. The average molecular weight is 1170 g/mol. The number of rotatable bonds is 27. The predicted octanol–water partition coefficient (Wildman–Crippen LogP) is 12.7. The van der Waals surface area contributed by atoms with Gasteiger partial charge in [0.1, 0.15) is 5.78 Å². The number of aliphatic hydroxyl groups is 1. The van der Waals surface area contributed by atoms with Gasteiger partial charge in [-0.3, -0.25) is 28.8 Å². The van der Waals surface area contributed by atoms with Gasteiger partial charge < -0.3 is 19.3 Å². The van der Waals surface area contributed by atoms with E-state index in [1.807, 2.05) is 237 Å². The smallest absolute Gasteiger partial charge is 0.347 e. The zero-order valence-corrected chi connectivity index (χ0v) is 49.2.